The van der Waals surface area contributed by atoms with E-state index in [1.807, 2.05) is 25.1 Å². The van der Waals surface area contributed by atoms with Gasteiger partial charge in [-0.25, -0.2) is 0 Å². The number of halogens is 1. The van der Waals surface area contributed by atoms with E-state index < -0.39 is 0 Å². The minimum Gasteiger partial charge on any atom is -0.378 e. The first kappa shape index (κ1) is 17.2. The zero-order valence-corrected chi connectivity index (χ0v) is 14.8. The Balaban J connectivity index is 1.79. The molecule has 0 spiro atoms. The molecule has 0 radical (unpaired) electrons. The largest absolute Gasteiger partial charge is 0.378 e. The Kier molecular flexibility index (Phi) is 6.63. The van der Waals surface area contributed by atoms with Crippen LogP contribution in [0.2, 0.25) is 0 Å². The first-order chi connectivity index (χ1) is 10.6. The van der Waals surface area contributed by atoms with Crippen molar-refractivity contribution in [1.82, 2.24) is 10.2 Å². The van der Waals surface area contributed by atoms with Crippen molar-refractivity contribution in [2.45, 2.75) is 25.9 Å². The van der Waals surface area contributed by atoms with Gasteiger partial charge < -0.3 is 15.0 Å². The van der Waals surface area contributed by atoms with Crippen molar-refractivity contribution in [2.75, 3.05) is 26.2 Å². The second kappa shape index (κ2) is 8.47. The SMILES string of the molecule is CCOC1CCN(C(=O)CNC(=O)c2ccccc2I)CC1. The summed E-state index contributed by atoms with van der Waals surface area (Å²) in [6.07, 6.45) is 1.99. The number of hydrogen-bond donors (Lipinski definition) is 1. The van der Waals surface area contributed by atoms with E-state index in [4.69, 9.17) is 4.74 Å². The molecule has 0 unspecified atom stereocenters. The van der Waals surface area contributed by atoms with Gasteiger partial charge in [0.1, 0.15) is 0 Å². The summed E-state index contributed by atoms with van der Waals surface area (Å²) in [5, 5.41) is 2.71. The van der Waals surface area contributed by atoms with E-state index in [1.54, 1.807) is 11.0 Å². The summed E-state index contributed by atoms with van der Waals surface area (Å²) in [6, 6.07) is 7.33. The van der Waals surface area contributed by atoms with Crippen molar-refractivity contribution < 1.29 is 14.3 Å². The van der Waals surface area contributed by atoms with Gasteiger partial charge in [-0.15, -0.1) is 0 Å². The van der Waals surface area contributed by atoms with Crippen LogP contribution in [0.4, 0.5) is 0 Å². The third-order valence-electron chi connectivity index (χ3n) is 3.72. The average molecular weight is 416 g/mol. The monoisotopic (exact) mass is 416 g/mol. The van der Waals surface area contributed by atoms with Gasteiger partial charge in [-0.3, -0.25) is 9.59 Å². The summed E-state index contributed by atoms with van der Waals surface area (Å²) < 4.78 is 6.45. The molecular weight excluding hydrogens is 395 g/mol. The number of likely N-dealkylation sites (tertiary alicyclic amines) is 1. The number of benzene rings is 1. The number of ether oxygens (including phenoxy) is 1. The normalized spacial score (nSPS) is 15.6. The number of carbonyl (C=O) groups is 2. The van der Waals surface area contributed by atoms with Gasteiger partial charge in [0.25, 0.3) is 5.91 Å². The van der Waals surface area contributed by atoms with Gasteiger partial charge >= 0.3 is 0 Å². The van der Waals surface area contributed by atoms with Crippen LogP contribution in [-0.2, 0) is 9.53 Å². The Morgan fingerprint density at radius 2 is 2.00 bits per heavy atom. The topological polar surface area (TPSA) is 58.6 Å². The molecule has 1 aliphatic heterocycles. The van der Waals surface area contributed by atoms with Crippen LogP contribution in [-0.4, -0.2) is 49.1 Å². The van der Waals surface area contributed by atoms with Crippen LogP contribution >= 0.6 is 22.6 Å². The van der Waals surface area contributed by atoms with E-state index in [0.29, 0.717) is 25.3 Å². The van der Waals surface area contributed by atoms with Crippen molar-refractivity contribution in [2.24, 2.45) is 0 Å². The number of nitrogens with one attached hydrogen (secondary N) is 1. The lowest BCUT2D eigenvalue weighted by Crippen LogP contribution is -2.45. The Morgan fingerprint density at radius 3 is 2.64 bits per heavy atom. The lowest BCUT2D eigenvalue weighted by atomic mass is 10.1. The highest BCUT2D eigenvalue weighted by Gasteiger charge is 2.23. The second-order valence-electron chi connectivity index (χ2n) is 5.20. The molecule has 0 atom stereocenters. The van der Waals surface area contributed by atoms with Gasteiger partial charge in [0.05, 0.1) is 18.2 Å². The zero-order chi connectivity index (χ0) is 15.9. The van der Waals surface area contributed by atoms with Gasteiger partial charge in [-0.2, -0.15) is 0 Å². The fourth-order valence-corrected chi connectivity index (χ4v) is 3.15. The van der Waals surface area contributed by atoms with E-state index in [1.165, 1.54) is 0 Å². The molecule has 5 nitrogen and oxygen atoms in total. The van der Waals surface area contributed by atoms with Gasteiger partial charge in [0.2, 0.25) is 5.91 Å². The molecule has 0 saturated carbocycles. The Labute approximate surface area is 144 Å². The molecule has 0 bridgehead atoms. The quantitative estimate of drug-likeness (QED) is 0.748. The van der Waals surface area contributed by atoms with Crippen LogP contribution < -0.4 is 5.32 Å². The zero-order valence-electron chi connectivity index (χ0n) is 12.7. The highest BCUT2D eigenvalue weighted by Crippen LogP contribution is 2.14. The predicted molar refractivity (Wildman–Crippen MR) is 92.7 cm³/mol. The molecule has 1 N–H and O–H groups in total. The van der Waals surface area contributed by atoms with Crippen LogP contribution in [0.5, 0.6) is 0 Å². The van der Waals surface area contributed by atoms with E-state index in [9.17, 15) is 9.59 Å². The molecular formula is C16H21IN2O3. The van der Waals surface area contributed by atoms with Crippen molar-refractivity contribution in [3.63, 3.8) is 0 Å². The molecule has 120 valence electrons. The molecule has 1 aromatic rings. The lowest BCUT2D eigenvalue weighted by molar-refractivity contribution is -0.132. The van der Waals surface area contributed by atoms with Gasteiger partial charge in [0, 0.05) is 23.3 Å². The standard InChI is InChI=1S/C16H21IN2O3/c1-2-22-12-7-9-19(10-8-12)15(20)11-18-16(21)13-5-3-4-6-14(13)17/h3-6,12H,2,7-11H2,1H3,(H,18,21). The third-order valence-corrected chi connectivity index (χ3v) is 4.66. The molecule has 1 aromatic carbocycles. The summed E-state index contributed by atoms with van der Waals surface area (Å²) in [7, 11) is 0. The number of hydrogen-bond acceptors (Lipinski definition) is 3. The molecule has 1 heterocycles. The van der Waals surface area contributed by atoms with Gasteiger partial charge in [0.15, 0.2) is 0 Å². The third kappa shape index (κ3) is 4.67. The van der Waals surface area contributed by atoms with Crippen LogP contribution in [0, 0.1) is 3.57 Å². The van der Waals surface area contributed by atoms with E-state index in [-0.39, 0.29) is 24.5 Å². The van der Waals surface area contributed by atoms with Crippen LogP contribution in [0.25, 0.3) is 0 Å². The molecule has 0 aliphatic carbocycles. The fraction of sp³-hybridized carbons (Fsp3) is 0.500. The maximum atomic E-state index is 12.2. The number of rotatable bonds is 5. The van der Waals surface area contributed by atoms with Crippen molar-refractivity contribution >= 4 is 34.4 Å². The van der Waals surface area contributed by atoms with Crippen molar-refractivity contribution in [1.29, 1.82) is 0 Å². The van der Waals surface area contributed by atoms with Crippen molar-refractivity contribution in [3.8, 4) is 0 Å². The first-order valence-corrected chi connectivity index (χ1v) is 8.61. The van der Waals surface area contributed by atoms with E-state index >= 15 is 0 Å². The minimum absolute atomic E-state index is 0.0331. The maximum absolute atomic E-state index is 12.2. The Hall–Kier alpha value is -1.15. The molecule has 6 heteroatoms. The maximum Gasteiger partial charge on any atom is 0.252 e. The average Bonchev–Trinajstić information content (AvgIpc) is 2.54. The van der Waals surface area contributed by atoms with Crippen molar-refractivity contribution in [3.05, 3.63) is 33.4 Å². The summed E-state index contributed by atoms with van der Waals surface area (Å²) in [5.41, 5.74) is 0.603. The molecule has 2 amide bonds. The lowest BCUT2D eigenvalue weighted by Gasteiger charge is -2.31. The number of carbonyl (C=O) groups excluding carboxylic acids is 2. The summed E-state index contributed by atoms with van der Waals surface area (Å²) in [6.45, 7) is 4.13. The van der Waals surface area contributed by atoms with Crippen LogP contribution in [0.15, 0.2) is 24.3 Å². The minimum atomic E-state index is -0.206. The summed E-state index contributed by atoms with van der Waals surface area (Å²) in [5.74, 6) is -0.239. The Morgan fingerprint density at radius 1 is 1.32 bits per heavy atom. The fourth-order valence-electron chi connectivity index (χ4n) is 2.52. The highest BCUT2D eigenvalue weighted by molar-refractivity contribution is 14.1. The van der Waals surface area contributed by atoms with E-state index in [0.717, 1.165) is 16.4 Å². The molecule has 2 rings (SSSR count). The summed E-state index contributed by atoms with van der Waals surface area (Å²) >= 11 is 2.12. The first-order valence-electron chi connectivity index (χ1n) is 7.54. The number of piperidine rings is 1. The Bertz CT molecular complexity index is 528. The molecule has 0 aromatic heterocycles. The van der Waals surface area contributed by atoms with Crippen LogP contribution in [0.3, 0.4) is 0 Å². The number of amides is 2. The second-order valence-corrected chi connectivity index (χ2v) is 6.36. The van der Waals surface area contributed by atoms with Crippen LogP contribution in [0.1, 0.15) is 30.1 Å². The van der Waals surface area contributed by atoms with E-state index in [2.05, 4.69) is 27.9 Å². The molecule has 22 heavy (non-hydrogen) atoms. The molecule has 1 fully saturated rings. The molecule has 1 aliphatic rings. The predicted octanol–water partition coefficient (Wildman–Crippen LogP) is 2.05. The van der Waals surface area contributed by atoms with Gasteiger partial charge in [-0.05, 0) is 54.5 Å². The van der Waals surface area contributed by atoms with Gasteiger partial charge in [-0.1, -0.05) is 12.1 Å². The highest BCUT2D eigenvalue weighted by atomic mass is 127. The smallest absolute Gasteiger partial charge is 0.252 e. The summed E-state index contributed by atoms with van der Waals surface area (Å²) in [4.78, 5) is 26.0. The number of nitrogens with zero attached hydrogens (tertiary/aromatic N) is 1. The molecule has 1 saturated heterocycles.